The van der Waals surface area contributed by atoms with E-state index < -0.39 is 35.9 Å². The third kappa shape index (κ3) is 8.01. The number of thioether (sulfide) groups is 1. The smallest absolute Gasteiger partial charge is 0.326 e. The zero-order valence-electron chi connectivity index (χ0n) is 16.0. The lowest BCUT2D eigenvalue weighted by Crippen LogP contribution is -2.56. The third-order valence-corrected chi connectivity index (χ3v) is 4.76. The standard InChI is InChI=1S/C19H29N3O4S/c1-12(2)16(22-17(23)14(20)9-10-27-3)18(24)21-15(19(25)26)11-13-7-5-4-6-8-13/h4-8,12,14-16H,9-11,20H2,1-3H3,(H,21,24)(H,22,23)(H,25,26). The molecule has 0 aliphatic carbocycles. The van der Waals surface area contributed by atoms with Crippen LogP contribution in [0.5, 0.6) is 0 Å². The fraction of sp³-hybridized carbons (Fsp3) is 0.526. The quantitative estimate of drug-likeness (QED) is 0.444. The second-order valence-electron chi connectivity index (χ2n) is 6.71. The Labute approximate surface area is 164 Å². The fourth-order valence-corrected chi connectivity index (χ4v) is 2.97. The summed E-state index contributed by atoms with van der Waals surface area (Å²) < 4.78 is 0. The lowest BCUT2D eigenvalue weighted by molar-refractivity contribution is -0.142. The molecule has 0 aromatic heterocycles. The molecule has 1 aromatic carbocycles. The monoisotopic (exact) mass is 395 g/mol. The molecule has 0 radical (unpaired) electrons. The van der Waals surface area contributed by atoms with Gasteiger partial charge in [0.05, 0.1) is 6.04 Å². The third-order valence-electron chi connectivity index (χ3n) is 4.11. The van der Waals surface area contributed by atoms with Crippen molar-refractivity contribution in [1.29, 1.82) is 0 Å². The Bertz CT molecular complexity index is 625. The molecule has 5 N–H and O–H groups in total. The number of amides is 2. The van der Waals surface area contributed by atoms with Crippen LogP contribution in [0.15, 0.2) is 30.3 Å². The van der Waals surface area contributed by atoms with E-state index in [0.29, 0.717) is 6.42 Å². The molecule has 0 aliphatic rings. The first kappa shape index (κ1) is 23.0. The Morgan fingerprint density at radius 1 is 1.11 bits per heavy atom. The van der Waals surface area contributed by atoms with E-state index in [1.54, 1.807) is 37.7 Å². The Hall–Kier alpha value is -2.06. The van der Waals surface area contributed by atoms with Crippen LogP contribution in [0.1, 0.15) is 25.8 Å². The summed E-state index contributed by atoms with van der Waals surface area (Å²) in [5.41, 5.74) is 6.65. The molecule has 8 heteroatoms. The zero-order valence-corrected chi connectivity index (χ0v) is 16.8. The largest absolute Gasteiger partial charge is 0.480 e. The van der Waals surface area contributed by atoms with E-state index >= 15 is 0 Å². The molecule has 1 rings (SSSR count). The molecule has 1 aromatic rings. The van der Waals surface area contributed by atoms with Crippen LogP contribution in [0.3, 0.4) is 0 Å². The number of nitrogens with two attached hydrogens (primary N) is 1. The Kier molecular flexibility index (Phi) is 9.88. The normalized spacial score (nSPS) is 14.3. The van der Waals surface area contributed by atoms with Crippen LogP contribution in [0.2, 0.25) is 0 Å². The minimum atomic E-state index is -1.13. The van der Waals surface area contributed by atoms with Crippen LogP contribution in [0.25, 0.3) is 0 Å². The molecule has 0 fully saturated rings. The summed E-state index contributed by atoms with van der Waals surface area (Å²) in [5, 5.41) is 14.6. The highest BCUT2D eigenvalue weighted by molar-refractivity contribution is 7.98. The predicted octanol–water partition coefficient (Wildman–Crippen LogP) is 1.02. The summed E-state index contributed by atoms with van der Waals surface area (Å²) >= 11 is 1.59. The molecule has 0 spiro atoms. The Morgan fingerprint density at radius 3 is 2.26 bits per heavy atom. The van der Waals surface area contributed by atoms with Crippen LogP contribution in [0.4, 0.5) is 0 Å². The minimum absolute atomic E-state index is 0.161. The highest BCUT2D eigenvalue weighted by Crippen LogP contribution is 2.07. The molecule has 3 unspecified atom stereocenters. The molecule has 0 heterocycles. The highest BCUT2D eigenvalue weighted by Gasteiger charge is 2.29. The van der Waals surface area contributed by atoms with Gasteiger partial charge in [0.2, 0.25) is 11.8 Å². The van der Waals surface area contributed by atoms with Crippen molar-refractivity contribution >= 4 is 29.5 Å². The number of carbonyl (C=O) groups excluding carboxylic acids is 2. The zero-order chi connectivity index (χ0) is 20.4. The van der Waals surface area contributed by atoms with Crippen LogP contribution in [0, 0.1) is 5.92 Å². The van der Waals surface area contributed by atoms with Crippen molar-refractivity contribution in [2.24, 2.45) is 11.7 Å². The van der Waals surface area contributed by atoms with Crippen molar-refractivity contribution in [1.82, 2.24) is 10.6 Å². The van der Waals surface area contributed by atoms with Crippen LogP contribution in [-0.4, -0.2) is 53.0 Å². The summed E-state index contributed by atoms with van der Waals surface area (Å²) in [7, 11) is 0. The Balaban J connectivity index is 2.77. The molecule has 150 valence electrons. The van der Waals surface area contributed by atoms with E-state index in [0.717, 1.165) is 11.3 Å². The number of nitrogens with one attached hydrogen (secondary N) is 2. The average Bonchev–Trinajstić information content (AvgIpc) is 2.63. The molecule has 3 atom stereocenters. The summed E-state index contributed by atoms with van der Waals surface area (Å²) in [5.74, 6) is -1.54. The topological polar surface area (TPSA) is 122 Å². The van der Waals surface area contributed by atoms with Gasteiger partial charge in [0.1, 0.15) is 12.1 Å². The van der Waals surface area contributed by atoms with Crippen LogP contribution >= 0.6 is 11.8 Å². The number of hydrogen-bond acceptors (Lipinski definition) is 5. The van der Waals surface area contributed by atoms with Gasteiger partial charge < -0.3 is 21.5 Å². The van der Waals surface area contributed by atoms with Gasteiger partial charge in [0.15, 0.2) is 0 Å². The number of benzene rings is 1. The van der Waals surface area contributed by atoms with Crippen LogP contribution in [-0.2, 0) is 20.8 Å². The van der Waals surface area contributed by atoms with E-state index in [-0.39, 0.29) is 12.3 Å². The second-order valence-corrected chi connectivity index (χ2v) is 7.69. The molecule has 0 aliphatic heterocycles. The summed E-state index contributed by atoms with van der Waals surface area (Å²) in [4.78, 5) is 36.4. The molecule has 7 nitrogen and oxygen atoms in total. The number of rotatable bonds is 11. The molecule has 0 bridgehead atoms. The number of carboxylic acids is 1. The molecular formula is C19H29N3O4S. The van der Waals surface area contributed by atoms with Crippen LogP contribution < -0.4 is 16.4 Å². The fourth-order valence-electron chi connectivity index (χ4n) is 2.48. The van der Waals surface area contributed by atoms with Gasteiger partial charge in [-0.25, -0.2) is 4.79 Å². The molecule has 27 heavy (non-hydrogen) atoms. The van der Waals surface area contributed by atoms with Gasteiger partial charge in [-0.3, -0.25) is 9.59 Å². The van der Waals surface area contributed by atoms with Crippen molar-refractivity contribution in [2.75, 3.05) is 12.0 Å². The number of carboxylic acid groups (broad SMARTS) is 1. The van der Waals surface area contributed by atoms with E-state index in [1.807, 2.05) is 24.5 Å². The Morgan fingerprint density at radius 2 is 1.74 bits per heavy atom. The van der Waals surface area contributed by atoms with Gasteiger partial charge in [0.25, 0.3) is 0 Å². The number of carbonyl (C=O) groups is 3. The minimum Gasteiger partial charge on any atom is -0.480 e. The lowest BCUT2D eigenvalue weighted by Gasteiger charge is -2.25. The van der Waals surface area contributed by atoms with Crippen molar-refractivity contribution in [3.05, 3.63) is 35.9 Å². The summed E-state index contributed by atoms with van der Waals surface area (Å²) in [6.07, 6.45) is 2.59. The van der Waals surface area contributed by atoms with Gasteiger partial charge in [-0.1, -0.05) is 44.2 Å². The molecular weight excluding hydrogens is 366 g/mol. The first-order valence-electron chi connectivity index (χ1n) is 8.88. The average molecular weight is 396 g/mol. The van der Waals surface area contributed by atoms with Crippen molar-refractivity contribution in [3.8, 4) is 0 Å². The maximum absolute atomic E-state index is 12.6. The number of hydrogen-bond donors (Lipinski definition) is 4. The predicted molar refractivity (Wildman–Crippen MR) is 107 cm³/mol. The first-order valence-corrected chi connectivity index (χ1v) is 10.3. The van der Waals surface area contributed by atoms with Gasteiger partial charge in [-0.15, -0.1) is 0 Å². The van der Waals surface area contributed by atoms with E-state index in [1.165, 1.54) is 0 Å². The van der Waals surface area contributed by atoms with Gasteiger partial charge >= 0.3 is 5.97 Å². The van der Waals surface area contributed by atoms with E-state index in [4.69, 9.17) is 5.73 Å². The molecule has 2 amide bonds. The van der Waals surface area contributed by atoms with Gasteiger partial charge in [-0.2, -0.15) is 11.8 Å². The summed E-state index contributed by atoms with van der Waals surface area (Å²) in [6, 6.07) is 6.42. The second kappa shape index (κ2) is 11.6. The maximum Gasteiger partial charge on any atom is 0.326 e. The van der Waals surface area contributed by atoms with E-state index in [9.17, 15) is 19.5 Å². The van der Waals surface area contributed by atoms with Gasteiger partial charge in [-0.05, 0) is 29.9 Å². The van der Waals surface area contributed by atoms with Crippen molar-refractivity contribution in [3.63, 3.8) is 0 Å². The molecule has 0 saturated carbocycles. The summed E-state index contributed by atoms with van der Waals surface area (Å²) in [6.45, 7) is 3.57. The number of aliphatic carboxylic acids is 1. The maximum atomic E-state index is 12.6. The van der Waals surface area contributed by atoms with Crippen molar-refractivity contribution < 1.29 is 19.5 Å². The highest BCUT2D eigenvalue weighted by atomic mass is 32.2. The lowest BCUT2D eigenvalue weighted by atomic mass is 10.0. The van der Waals surface area contributed by atoms with Gasteiger partial charge in [0, 0.05) is 6.42 Å². The van der Waals surface area contributed by atoms with Crippen molar-refractivity contribution in [2.45, 2.75) is 44.8 Å². The van der Waals surface area contributed by atoms with E-state index in [2.05, 4.69) is 10.6 Å². The first-order chi connectivity index (χ1) is 12.8. The SMILES string of the molecule is CSCCC(N)C(=O)NC(C(=O)NC(Cc1ccccc1)C(=O)O)C(C)C. The molecule has 0 saturated heterocycles.